The first-order valence-electron chi connectivity index (χ1n) is 8.75. The van der Waals surface area contributed by atoms with Crippen molar-refractivity contribution in [1.82, 2.24) is 9.71 Å². The van der Waals surface area contributed by atoms with E-state index in [2.05, 4.69) is 15.0 Å². The molecule has 3 aromatic carbocycles. The van der Waals surface area contributed by atoms with Gasteiger partial charge in [-0.15, -0.1) is 0 Å². The van der Waals surface area contributed by atoms with E-state index >= 15 is 0 Å². The van der Waals surface area contributed by atoms with Crippen LogP contribution >= 0.6 is 0 Å². The second kappa shape index (κ2) is 6.78. The van der Waals surface area contributed by atoms with Gasteiger partial charge in [0.1, 0.15) is 5.69 Å². The summed E-state index contributed by atoms with van der Waals surface area (Å²) in [6.07, 6.45) is 0. The minimum atomic E-state index is -3.61. The number of carbonyl (C=O) groups excluding carboxylic acids is 1. The molecule has 7 heteroatoms. The summed E-state index contributed by atoms with van der Waals surface area (Å²) in [4.78, 5) is 16.0. The van der Waals surface area contributed by atoms with Gasteiger partial charge in [0.2, 0.25) is 10.0 Å². The van der Waals surface area contributed by atoms with Gasteiger partial charge in [0.15, 0.2) is 0 Å². The molecule has 3 N–H and O–H groups in total. The van der Waals surface area contributed by atoms with Gasteiger partial charge in [-0.2, -0.15) is 0 Å². The number of fused-ring (bicyclic) bond motifs is 3. The Morgan fingerprint density at radius 3 is 2.54 bits per heavy atom. The lowest BCUT2D eigenvalue weighted by Gasteiger charge is -2.10. The summed E-state index contributed by atoms with van der Waals surface area (Å²) in [5.41, 5.74) is 2.29. The van der Waals surface area contributed by atoms with Crippen molar-refractivity contribution in [1.29, 1.82) is 0 Å². The molecular formula is C21H19N3O3S. The highest BCUT2D eigenvalue weighted by Crippen LogP contribution is 2.26. The van der Waals surface area contributed by atoms with E-state index in [-0.39, 0.29) is 10.8 Å². The molecule has 4 rings (SSSR count). The number of benzene rings is 3. The lowest BCUT2D eigenvalue weighted by atomic mass is 10.1. The Bertz CT molecular complexity index is 1320. The fraction of sp³-hybridized carbons (Fsp3) is 0.0952. The van der Waals surface area contributed by atoms with Crippen LogP contribution in [-0.2, 0) is 10.0 Å². The molecule has 28 heavy (non-hydrogen) atoms. The van der Waals surface area contributed by atoms with E-state index in [1.807, 2.05) is 42.5 Å². The molecule has 0 atom stereocenters. The van der Waals surface area contributed by atoms with E-state index in [1.165, 1.54) is 13.1 Å². The number of rotatable bonds is 4. The molecular weight excluding hydrogens is 374 g/mol. The summed E-state index contributed by atoms with van der Waals surface area (Å²) < 4.78 is 26.6. The van der Waals surface area contributed by atoms with Crippen LogP contribution in [0.5, 0.6) is 0 Å². The van der Waals surface area contributed by atoms with Crippen LogP contribution in [0, 0.1) is 6.92 Å². The number of amides is 1. The van der Waals surface area contributed by atoms with Crippen molar-refractivity contribution < 1.29 is 13.2 Å². The van der Waals surface area contributed by atoms with Gasteiger partial charge >= 0.3 is 0 Å². The second-order valence-electron chi connectivity index (χ2n) is 6.57. The number of hydrogen-bond acceptors (Lipinski definition) is 3. The van der Waals surface area contributed by atoms with Crippen molar-refractivity contribution in [2.75, 3.05) is 12.4 Å². The normalized spacial score (nSPS) is 11.8. The molecule has 0 fully saturated rings. The van der Waals surface area contributed by atoms with Crippen LogP contribution in [0.2, 0.25) is 0 Å². The fourth-order valence-electron chi connectivity index (χ4n) is 3.28. The van der Waals surface area contributed by atoms with E-state index in [0.717, 1.165) is 21.7 Å². The summed E-state index contributed by atoms with van der Waals surface area (Å²) in [6.45, 7) is 1.71. The van der Waals surface area contributed by atoms with Gasteiger partial charge in [0.05, 0.1) is 4.90 Å². The molecule has 6 nitrogen and oxygen atoms in total. The number of hydrogen-bond donors (Lipinski definition) is 3. The van der Waals surface area contributed by atoms with Gasteiger partial charge in [0.25, 0.3) is 5.91 Å². The van der Waals surface area contributed by atoms with Crippen LogP contribution in [-0.4, -0.2) is 26.4 Å². The third kappa shape index (κ3) is 3.15. The zero-order valence-electron chi connectivity index (χ0n) is 15.4. The Hall–Kier alpha value is -3.16. The zero-order valence-corrected chi connectivity index (χ0v) is 16.2. The monoisotopic (exact) mass is 393 g/mol. The van der Waals surface area contributed by atoms with E-state index in [0.29, 0.717) is 16.9 Å². The Morgan fingerprint density at radius 2 is 1.75 bits per heavy atom. The van der Waals surface area contributed by atoms with Gasteiger partial charge in [-0.3, -0.25) is 4.79 Å². The van der Waals surface area contributed by atoms with Crippen molar-refractivity contribution in [2.24, 2.45) is 0 Å². The van der Waals surface area contributed by atoms with Crippen LogP contribution in [0.3, 0.4) is 0 Å². The SMILES string of the molecule is CNS(=O)(=O)c1cc(NC(=O)c2cc3c(ccc4ccccc43)[nH]2)ccc1C. The first-order chi connectivity index (χ1) is 13.4. The molecule has 4 aromatic rings. The summed E-state index contributed by atoms with van der Waals surface area (Å²) >= 11 is 0. The van der Waals surface area contributed by atoms with Crippen LogP contribution in [0.4, 0.5) is 5.69 Å². The number of aromatic nitrogens is 1. The summed E-state index contributed by atoms with van der Waals surface area (Å²) in [5, 5.41) is 5.89. The number of anilines is 1. The molecule has 0 saturated carbocycles. The predicted molar refractivity (Wildman–Crippen MR) is 111 cm³/mol. The quantitative estimate of drug-likeness (QED) is 0.493. The van der Waals surface area contributed by atoms with Crippen molar-refractivity contribution in [3.8, 4) is 0 Å². The van der Waals surface area contributed by atoms with Gasteiger partial charge in [0, 0.05) is 16.6 Å². The Kier molecular flexibility index (Phi) is 4.41. The smallest absolute Gasteiger partial charge is 0.272 e. The van der Waals surface area contributed by atoms with Crippen LogP contribution in [0.15, 0.2) is 65.6 Å². The number of aromatic amines is 1. The molecule has 0 radical (unpaired) electrons. The van der Waals surface area contributed by atoms with Crippen molar-refractivity contribution >= 4 is 43.3 Å². The Balaban J connectivity index is 1.69. The minimum Gasteiger partial charge on any atom is -0.351 e. The van der Waals surface area contributed by atoms with Crippen LogP contribution in [0.1, 0.15) is 16.1 Å². The topological polar surface area (TPSA) is 91.1 Å². The first-order valence-corrected chi connectivity index (χ1v) is 10.2. The molecule has 0 aliphatic carbocycles. The highest BCUT2D eigenvalue weighted by molar-refractivity contribution is 7.89. The summed E-state index contributed by atoms with van der Waals surface area (Å²) in [7, 11) is -2.25. The Morgan fingerprint density at radius 1 is 0.964 bits per heavy atom. The average molecular weight is 393 g/mol. The maximum absolute atomic E-state index is 12.7. The Labute approximate surface area is 162 Å². The van der Waals surface area contributed by atoms with Crippen LogP contribution < -0.4 is 10.0 Å². The summed E-state index contributed by atoms with van der Waals surface area (Å²) in [6, 6.07) is 18.5. The average Bonchev–Trinajstić information content (AvgIpc) is 3.14. The first kappa shape index (κ1) is 18.2. The maximum atomic E-state index is 12.7. The molecule has 1 heterocycles. The standard InChI is InChI=1S/C21H19N3O3S/c1-13-7-9-15(11-20(13)28(26,27)22-2)23-21(25)19-12-17-16-6-4-3-5-14(16)8-10-18(17)24-19/h3-12,22,24H,1-2H3,(H,23,25). The van der Waals surface area contributed by atoms with E-state index in [4.69, 9.17) is 0 Å². The van der Waals surface area contributed by atoms with E-state index in [9.17, 15) is 13.2 Å². The van der Waals surface area contributed by atoms with Crippen LogP contribution in [0.25, 0.3) is 21.7 Å². The van der Waals surface area contributed by atoms with E-state index < -0.39 is 10.0 Å². The third-order valence-corrected chi connectivity index (χ3v) is 6.33. The number of H-pyrrole nitrogens is 1. The number of carbonyl (C=O) groups is 1. The molecule has 0 aliphatic rings. The molecule has 1 aromatic heterocycles. The predicted octanol–water partition coefficient (Wildman–Crippen LogP) is 3.79. The molecule has 0 saturated heterocycles. The third-order valence-electron chi connectivity index (χ3n) is 4.78. The maximum Gasteiger partial charge on any atom is 0.272 e. The lowest BCUT2D eigenvalue weighted by molar-refractivity contribution is 0.102. The lowest BCUT2D eigenvalue weighted by Crippen LogP contribution is -2.20. The van der Waals surface area contributed by atoms with Crippen molar-refractivity contribution in [2.45, 2.75) is 11.8 Å². The number of nitrogens with one attached hydrogen (secondary N) is 3. The van der Waals surface area contributed by atoms with Gasteiger partial charge < -0.3 is 10.3 Å². The van der Waals surface area contributed by atoms with Crippen molar-refractivity contribution in [3.63, 3.8) is 0 Å². The highest BCUT2D eigenvalue weighted by atomic mass is 32.2. The second-order valence-corrected chi connectivity index (χ2v) is 8.43. The number of aryl methyl sites for hydroxylation is 1. The van der Waals surface area contributed by atoms with Gasteiger partial charge in [-0.25, -0.2) is 13.1 Å². The van der Waals surface area contributed by atoms with Gasteiger partial charge in [-0.1, -0.05) is 36.4 Å². The molecule has 0 bridgehead atoms. The molecule has 0 aliphatic heterocycles. The molecule has 0 unspecified atom stereocenters. The molecule has 142 valence electrons. The number of sulfonamides is 1. The largest absolute Gasteiger partial charge is 0.351 e. The van der Waals surface area contributed by atoms with E-state index in [1.54, 1.807) is 19.1 Å². The zero-order chi connectivity index (χ0) is 19.9. The fourth-order valence-corrected chi connectivity index (χ4v) is 4.28. The molecule has 0 spiro atoms. The molecule has 1 amide bonds. The minimum absolute atomic E-state index is 0.135. The summed E-state index contributed by atoms with van der Waals surface area (Å²) in [5.74, 6) is -0.336. The van der Waals surface area contributed by atoms with Gasteiger partial charge in [-0.05, 0) is 54.6 Å². The van der Waals surface area contributed by atoms with Crippen molar-refractivity contribution in [3.05, 3.63) is 71.9 Å². The highest BCUT2D eigenvalue weighted by Gasteiger charge is 2.17.